The minimum absolute atomic E-state index is 0.386. The summed E-state index contributed by atoms with van der Waals surface area (Å²) in [6.45, 7) is 2.52. The van der Waals surface area contributed by atoms with Gasteiger partial charge in [-0.05, 0) is 37.3 Å². The number of rotatable bonds is 6. The molecule has 0 aliphatic rings. The third-order valence-electron chi connectivity index (χ3n) is 2.57. The third-order valence-corrected chi connectivity index (χ3v) is 3.32. The Balaban J connectivity index is 2.04. The fourth-order valence-electron chi connectivity index (χ4n) is 1.64. The topological polar surface area (TPSA) is 91.3 Å². The van der Waals surface area contributed by atoms with Crippen molar-refractivity contribution >= 4 is 28.3 Å². The molecule has 114 valence electrons. The molecule has 0 aliphatic heterocycles. The summed E-state index contributed by atoms with van der Waals surface area (Å²) in [5.41, 5.74) is 1.61. The Hall–Kier alpha value is -2.67. The van der Waals surface area contributed by atoms with Gasteiger partial charge in [-0.15, -0.1) is 11.3 Å². The van der Waals surface area contributed by atoms with Gasteiger partial charge in [0.1, 0.15) is 5.75 Å². The second kappa shape index (κ2) is 7.37. The molecule has 0 saturated heterocycles. The Bertz CT molecular complexity index is 692. The standard InChI is InChI=1S/C15H14N2O4S/c1-2-21-11-5-3-10(4-6-11)12-9-22-15(16-12)17-13(18)7-8-14(19)20/h3-9H,2H2,1H3,(H,19,20)(H,16,17,18)/p-1/b8-7+. The first-order valence-electron chi connectivity index (χ1n) is 6.47. The van der Waals surface area contributed by atoms with Crippen molar-refractivity contribution in [1.29, 1.82) is 0 Å². The number of nitrogens with zero attached hydrogens (tertiary/aromatic N) is 1. The first-order valence-corrected chi connectivity index (χ1v) is 7.35. The first-order chi connectivity index (χ1) is 10.6. The number of carboxylic acids is 1. The van der Waals surface area contributed by atoms with Crippen LogP contribution in [0.4, 0.5) is 5.13 Å². The molecule has 1 N–H and O–H groups in total. The van der Waals surface area contributed by atoms with Crippen molar-refractivity contribution in [1.82, 2.24) is 4.98 Å². The van der Waals surface area contributed by atoms with Gasteiger partial charge in [0.25, 0.3) is 0 Å². The highest BCUT2D eigenvalue weighted by molar-refractivity contribution is 7.14. The summed E-state index contributed by atoms with van der Waals surface area (Å²) in [6, 6.07) is 7.45. The predicted octanol–water partition coefficient (Wildman–Crippen LogP) is 1.45. The van der Waals surface area contributed by atoms with Gasteiger partial charge in [-0.3, -0.25) is 10.1 Å². The van der Waals surface area contributed by atoms with Crippen molar-refractivity contribution in [2.45, 2.75) is 6.92 Å². The summed E-state index contributed by atoms with van der Waals surface area (Å²) < 4.78 is 5.37. The Morgan fingerprint density at radius 2 is 2.05 bits per heavy atom. The van der Waals surface area contributed by atoms with E-state index in [1.165, 1.54) is 11.3 Å². The molecule has 1 aromatic heterocycles. The number of aliphatic carboxylic acids is 1. The van der Waals surface area contributed by atoms with E-state index in [0.717, 1.165) is 17.4 Å². The van der Waals surface area contributed by atoms with Crippen LogP contribution in [0.2, 0.25) is 0 Å². The molecule has 2 aromatic rings. The van der Waals surface area contributed by atoms with Crippen molar-refractivity contribution in [3.8, 4) is 17.0 Å². The normalized spacial score (nSPS) is 10.6. The van der Waals surface area contributed by atoms with E-state index in [1.807, 2.05) is 31.2 Å². The Labute approximate surface area is 131 Å². The summed E-state index contributed by atoms with van der Waals surface area (Å²) >= 11 is 1.25. The first kappa shape index (κ1) is 15.7. The van der Waals surface area contributed by atoms with E-state index >= 15 is 0 Å². The van der Waals surface area contributed by atoms with Gasteiger partial charge in [0, 0.05) is 17.0 Å². The van der Waals surface area contributed by atoms with Crippen LogP contribution < -0.4 is 15.2 Å². The van der Waals surface area contributed by atoms with Gasteiger partial charge in [-0.2, -0.15) is 0 Å². The minimum atomic E-state index is -1.43. The lowest BCUT2D eigenvalue weighted by Crippen LogP contribution is -2.20. The molecule has 0 aliphatic carbocycles. The number of amides is 1. The summed E-state index contributed by atoms with van der Waals surface area (Å²) in [5.74, 6) is -1.22. The molecule has 2 rings (SSSR count). The van der Waals surface area contributed by atoms with Crippen molar-refractivity contribution in [2.75, 3.05) is 11.9 Å². The van der Waals surface area contributed by atoms with E-state index in [1.54, 1.807) is 5.38 Å². The maximum atomic E-state index is 11.4. The third kappa shape index (κ3) is 4.42. The van der Waals surface area contributed by atoms with Gasteiger partial charge >= 0.3 is 0 Å². The largest absolute Gasteiger partial charge is 0.545 e. The number of carbonyl (C=O) groups is 2. The van der Waals surface area contributed by atoms with Crippen LogP contribution in [0.15, 0.2) is 41.8 Å². The minimum Gasteiger partial charge on any atom is -0.545 e. The average molecular weight is 317 g/mol. The number of nitrogens with one attached hydrogen (secondary N) is 1. The van der Waals surface area contributed by atoms with E-state index in [0.29, 0.717) is 23.5 Å². The van der Waals surface area contributed by atoms with E-state index in [2.05, 4.69) is 10.3 Å². The summed E-state index contributed by atoms with van der Waals surface area (Å²) in [6.07, 6.45) is 1.55. The van der Waals surface area contributed by atoms with Gasteiger partial charge in [-0.25, -0.2) is 4.98 Å². The van der Waals surface area contributed by atoms with Crippen molar-refractivity contribution in [3.63, 3.8) is 0 Å². The second-order valence-electron chi connectivity index (χ2n) is 4.14. The molecule has 6 nitrogen and oxygen atoms in total. The second-order valence-corrected chi connectivity index (χ2v) is 5.00. The van der Waals surface area contributed by atoms with Crippen LogP contribution in [0.5, 0.6) is 5.75 Å². The number of ether oxygens (including phenoxy) is 1. The molecular weight excluding hydrogens is 304 g/mol. The van der Waals surface area contributed by atoms with E-state index in [9.17, 15) is 14.7 Å². The maximum absolute atomic E-state index is 11.4. The molecule has 1 heterocycles. The zero-order valence-corrected chi connectivity index (χ0v) is 12.6. The fourth-order valence-corrected chi connectivity index (χ4v) is 2.37. The highest BCUT2D eigenvalue weighted by atomic mass is 32.1. The molecule has 0 saturated carbocycles. The van der Waals surface area contributed by atoms with Crippen molar-refractivity contribution in [2.24, 2.45) is 0 Å². The molecule has 1 amide bonds. The van der Waals surface area contributed by atoms with Gasteiger partial charge in [0.2, 0.25) is 5.91 Å². The van der Waals surface area contributed by atoms with Crippen LogP contribution in [0.1, 0.15) is 6.92 Å². The highest BCUT2D eigenvalue weighted by Crippen LogP contribution is 2.26. The zero-order valence-electron chi connectivity index (χ0n) is 11.7. The van der Waals surface area contributed by atoms with Crippen LogP contribution in [-0.2, 0) is 9.59 Å². The smallest absolute Gasteiger partial charge is 0.250 e. The van der Waals surface area contributed by atoms with Crippen LogP contribution in [-0.4, -0.2) is 23.5 Å². The molecule has 0 spiro atoms. The number of anilines is 1. The fraction of sp³-hybridized carbons (Fsp3) is 0.133. The average Bonchev–Trinajstić information content (AvgIpc) is 2.95. The summed E-state index contributed by atoms with van der Waals surface area (Å²) in [4.78, 5) is 25.9. The van der Waals surface area contributed by atoms with Gasteiger partial charge in [0.05, 0.1) is 18.3 Å². The Morgan fingerprint density at radius 3 is 2.68 bits per heavy atom. The predicted molar refractivity (Wildman–Crippen MR) is 81.5 cm³/mol. The Kier molecular flexibility index (Phi) is 5.26. The molecular formula is C15H13N2O4S-. The lowest BCUT2D eigenvalue weighted by molar-refractivity contribution is -0.297. The number of carbonyl (C=O) groups excluding carboxylic acids is 2. The van der Waals surface area contributed by atoms with Crippen LogP contribution in [0.25, 0.3) is 11.3 Å². The quantitative estimate of drug-likeness (QED) is 0.814. The monoisotopic (exact) mass is 317 g/mol. The number of aromatic nitrogens is 1. The number of hydrogen-bond donors (Lipinski definition) is 1. The number of thiazole rings is 1. The Morgan fingerprint density at radius 1 is 1.32 bits per heavy atom. The van der Waals surface area contributed by atoms with Gasteiger partial charge in [-0.1, -0.05) is 0 Å². The molecule has 22 heavy (non-hydrogen) atoms. The van der Waals surface area contributed by atoms with Crippen molar-refractivity contribution in [3.05, 3.63) is 41.8 Å². The van der Waals surface area contributed by atoms with Crippen molar-refractivity contribution < 1.29 is 19.4 Å². The molecule has 0 bridgehead atoms. The van der Waals surface area contributed by atoms with E-state index in [-0.39, 0.29) is 0 Å². The van der Waals surface area contributed by atoms with Crippen LogP contribution in [0.3, 0.4) is 0 Å². The molecule has 0 radical (unpaired) electrons. The number of hydrogen-bond acceptors (Lipinski definition) is 6. The van der Waals surface area contributed by atoms with Crippen LogP contribution >= 0.6 is 11.3 Å². The molecule has 0 fully saturated rings. The number of carboxylic acid groups (broad SMARTS) is 1. The molecule has 0 atom stereocenters. The maximum Gasteiger partial charge on any atom is 0.250 e. The van der Waals surface area contributed by atoms with Gasteiger partial charge in [0.15, 0.2) is 5.13 Å². The summed E-state index contributed by atoms with van der Waals surface area (Å²) in [7, 11) is 0. The molecule has 7 heteroatoms. The summed E-state index contributed by atoms with van der Waals surface area (Å²) in [5, 5.41) is 14.9. The van der Waals surface area contributed by atoms with Crippen LogP contribution in [0, 0.1) is 0 Å². The van der Waals surface area contributed by atoms with E-state index < -0.39 is 11.9 Å². The lowest BCUT2D eigenvalue weighted by Gasteiger charge is -2.03. The van der Waals surface area contributed by atoms with E-state index in [4.69, 9.17) is 4.74 Å². The zero-order chi connectivity index (χ0) is 15.9. The van der Waals surface area contributed by atoms with Gasteiger partial charge < -0.3 is 14.6 Å². The number of benzene rings is 1. The lowest BCUT2D eigenvalue weighted by atomic mass is 10.2. The highest BCUT2D eigenvalue weighted by Gasteiger charge is 2.06. The SMILES string of the molecule is CCOc1ccc(-c2csc(NC(=O)/C=C/C(=O)[O-])n2)cc1. The molecule has 0 unspecified atom stereocenters. The molecule has 1 aromatic carbocycles.